The van der Waals surface area contributed by atoms with E-state index in [2.05, 4.69) is 5.32 Å². The zero-order valence-electron chi connectivity index (χ0n) is 17.1. The fourth-order valence-electron chi connectivity index (χ4n) is 2.98. The van der Waals surface area contributed by atoms with Crippen molar-refractivity contribution in [3.05, 3.63) is 83.9 Å². The van der Waals surface area contributed by atoms with Gasteiger partial charge in [0.25, 0.3) is 0 Å². The van der Waals surface area contributed by atoms with Crippen LogP contribution in [-0.4, -0.2) is 27.1 Å². The predicted molar refractivity (Wildman–Crippen MR) is 120 cm³/mol. The van der Waals surface area contributed by atoms with Gasteiger partial charge >= 0.3 is 0 Å². The van der Waals surface area contributed by atoms with Crippen LogP contribution in [0.3, 0.4) is 0 Å². The molecule has 0 radical (unpaired) electrons. The van der Waals surface area contributed by atoms with Crippen molar-refractivity contribution in [3.8, 4) is 11.5 Å². The first-order valence-electron chi connectivity index (χ1n) is 9.40. The van der Waals surface area contributed by atoms with Gasteiger partial charge in [0, 0.05) is 5.69 Å². The Labute approximate surface area is 177 Å². The van der Waals surface area contributed by atoms with Crippen LogP contribution in [0.2, 0.25) is 0 Å². The predicted octanol–water partition coefficient (Wildman–Crippen LogP) is 4.50. The van der Waals surface area contributed by atoms with E-state index in [0.717, 1.165) is 27.4 Å². The van der Waals surface area contributed by atoms with Crippen LogP contribution in [0.5, 0.6) is 11.5 Å². The Kier molecular flexibility index (Phi) is 6.42. The normalized spacial score (nSPS) is 11.0. The summed E-state index contributed by atoms with van der Waals surface area (Å²) in [5, 5.41) is 2.73. The highest BCUT2D eigenvalue weighted by Gasteiger charge is 2.22. The van der Waals surface area contributed by atoms with Crippen LogP contribution in [0.1, 0.15) is 11.1 Å². The van der Waals surface area contributed by atoms with Crippen LogP contribution in [0.15, 0.2) is 72.8 Å². The molecule has 0 heterocycles. The molecular formula is C23H24N2O4S. The van der Waals surface area contributed by atoms with Gasteiger partial charge in [0.1, 0.15) is 18.0 Å². The van der Waals surface area contributed by atoms with Crippen molar-refractivity contribution in [2.45, 2.75) is 13.8 Å². The van der Waals surface area contributed by atoms with E-state index in [-0.39, 0.29) is 6.54 Å². The van der Waals surface area contributed by atoms with E-state index in [1.165, 1.54) is 0 Å². The van der Waals surface area contributed by atoms with Crippen LogP contribution in [-0.2, 0) is 14.8 Å². The molecule has 0 unspecified atom stereocenters. The van der Waals surface area contributed by atoms with Crippen LogP contribution < -0.4 is 14.4 Å². The monoisotopic (exact) mass is 424 g/mol. The molecule has 0 spiro atoms. The average Bonchev–Trinajstić information content (AvgIpc) is 2.68. The van der Waals surface area contributed by atoms with Gasteiger partial charge in [-0.2, -0.15) is 0 Å². The van der Waals surface area contributed by atoms with Gasteiger partial charge in [-0.1, -0.05) is 30.3 Å². The SMILES string of the molecule is Cc1cccc(Oc2ccc(NC(=O)CN(c3ccccc3C)S(C)(=O)=O)cc2)c1. The van der Waals surface area contributed by atoms with Crippen molar-refractivity contribution in [1.29, 1.82) is 0 Å². The summed E-state index contributed by atoms with van der Waals surface area (Å²) in [4.78, 5) is 12.5. The molecule has 1 amide bonds. The highest BCUT2D eigenvalue weighted by Crippen LogP contribution is 2.24. The molecule has 30 heavy (non-hydrogen) atoms. The van der Waals surface area contributed by atoms with Gasteiger partial charge in [-0.15, -0.1) is 0 Å². The third kappa shape index (κ3) is 5.61. The maximum Gasteiger partial charge on any atom is 0.245 e. The molecule has 0 aromatic heterocycles. The number of nitrogens with zero attached hydrogens (tertiary/aromatic N) is 1. The van der Waals surface area contributed by atoms with Crippen LogP contribution in [0.4, 0.5) is 11.4 Å². The molecule has 7 heteroatoms. The Balaban J connectivity index is 1.68. The molecule has 0 fully saturated rings. The second-order valence-electron chi connectivity index (χ2n) is 7.05. The Morgan fingerprint density at radius 3 is 2.27 bits per heavy atom. The molecule has 0 saturated carbocycles. The zero-order valence-corrected chi connectivity index (χ0v) is 17.9. The summed E-state index contributed by atoms with van der Waals surface area (Å²) in [6.07, 6.45) is 1.09. The summed E-state index contributed by atoms with van der Waals surface area (Å²) >= 11 is 0. The minimum atomic E-state index is -3.62. The number of aryl methyl sites for hydroxylation is 2. The summed E-state index contributed by atoms with van der Waals surface area (Å²) in [5.41, 5.74) is 2.90. The van der Waals surface area contributed by atoms with Gasteiger partial charge in [0.2, 0.25) is 15.9 Å². The summed E-state index contributed by atoms with van der Waals surface area (Å²) in [7, 11) is -3.62. The molecule has 0 saturated heterocycles. The first-order valence-corrected chi connectivity index (χ1v) is 11.2. The van der Waals surface area contributed by atoms with E-state index < -0.39 is 15.9 Å². The van der Waals surface area contributed by atoms with Gasteiger partial charge < -0.3 is 10.1 Å². The van der Waals surface area contributed by atoms with Crippen molar-refractivity contribution in [2.75, 3.05) is 22.4 Å². The molecule has 0 atom stereocenters. The number of hydrogen-bond acceptors (Lipinski definition) is 4. The smallest absolute Gasteiger partial charge is 0.245 e. The average molecular weight is 425 g/mol. The number of anilines is 2. The lowest BCUT2D eigenvalue weighted by Crippen LogP contribution is -2.37. The molecule has 0 aliphatic carbocycles. The maximum absolute atomic E-state index is 12.5. The standard InChI is InChI=1S/C23H24N2O4S/c1-17-7-6-9-21(15-17)29-20-13-11-19(12-14-20)24-23(26)16-25(30(3,27)28)22-10-5-4-8-18(22)2/h4-15H,16H2,1-3H3,(H,24,26). The molecule has 3 rings (SSSR count). The molecule has 0 bridgehead atoms. The quantitative estimate of drug-likeness (QED) is 0.606. The number of rotatable bonds is 7. The highest BCUT2D eigenvalue weighted by molar-refractivity contribution is 7.92. The molecule has 3 aromatic rings. The van der Waals surface area contributed by atoms with E-state index in [1.807, 2.05) is 37.3 Å². The minimum Gasteiger partial charge on any atom is -0.457 e. The first-order chi connectivity index (χ1) is 14.2. The number of carbonyl (C=O) groups is 1. The van der Waals surface area contributed by atoms with E-state index in [9.17, 15) is 13.2 Å². The summed E-state index contributed by atoms with van der Waals surface area (Å²) in [6.45, 7) is 3.48. The zero-order chi connectivity index (χ0) is 21.7. The number of ether oxygens (including phenoxy) is 1. The maximum atomic E-state index is 12.5. The first kappa shape index (κ1) is 21.4. The molecule has 156 valence electrons. The van der Waals surface area contributed by atoms with Crippen molar-refractivity contribution in [2.24, 2.45) is 0 Å². The highest BCUT2D eigenvalue weighted by atomic mass is 32.2. The summed E-state index contributed by atoms with van der Waals surface area (Å²) in [5.74, 6) is 0.932. The largest absolute Gasteiger partial charge is 0.457 e. The lowest BCUT2D eigenvalue weighted by molar-refractivity contribution is -0.114. The van der Waals surface area contributed by atoms with Crippen LogP contribution in [0.25, 0.3) is 0 Å². The number of carbonyl (C=O) groups excluding carboxylic acids is 1. The van der Waals surface area contributed by atoms with Gasteiger partial charge in [-0.05, 0) is 67.4 Å². The molecule has 3 aromatic carbocycles. The molecule has 6 nitrogen and oxygen atoms in total. The Bertz CT molecular complexity index is 1140. The van der Waals surface area contributed by atoms with Gasteiger partial charge in [-0.3, -0.25) is 9.10 Å². The number of para-hydroxylation sites is 1. The van der Waals surface area contributed by atoms with Crippen LogP contribution >= 0.6 is 0 Å². The fraction of sp³-hybridized carbons (Fsp3) is 0.174. The number of hydrogen-bond donors (Lipinski definition) is 1. The third-order valence-corrected chi connectivity index (χ3v) is 5.56. The number of amides is 1. The lowest BCUT2D eigenvalue weighted by atomic mass is 10.2. The summed E-state index contributed by atoms with van der Waals surface area (Å²) < 4.78 is 31.4. The Hall–Kier alpha value is -3.32. The second-order valence-corrected chi connectivity index (χ2v) is 8.95. The van der Waals surface area contributed by atoms with Crippen molar-refractivity contribution < 1.29 is 17.9 Å². The summed E-state index contributed by atoms with van der Waals surface area (Å²) in [6, 6.07) is 21.7. The lowest BCUT2D eigenvalue weighted by Gasteiger charge is -2.23. The van der Waals surface area contributed by atoms with Crippen LogP contribution in [0, 0.1) is 13.8 Å². The molecular weight excluding hydrogens is 400 g/mol. The van der Waals surface area contributed by atoms with Crippen molar-refractivity contribution >= 4 is 27.3 Å². The fourth-order valence-corrected chi connectivity index (χ4v) is 3.89. The topological polar surface area (TPSA) is 75.7 Å². The molecule has 0 aliphatic heterocycles. The Morgan fingerprint density at radius 2 is 1.63 bits per heavy atom. The number of nitrogens with one attached hydrogen (secondary N) is 1. The van der Waals surface area contributed by atoms with E-state index >= 15 is 0 Å². The van der Waals surface area contributed by atoms with Crippen molar-refractivity contribution in [1.82, 2.24) is 0 Å². The Morgan fingerprint density at radius 1 is 0.933 bits per heavy atom. The molecule has 0 aliphatic rings. The number of benzene rings is 3. The number of sulfonamides is 1. The van der Waals surface area contributed by atoms with Gasteiger partial charge in [0.15, 0.2) is 0 Å². The minimum absolute atomic E-state index is 0.314. The second kappa shape index (κ2) is 9.00. The van der Waals surface area contributed by atoms with Gasteiger partial charge in [-0.25, -0.2) is 8.42 Å². The van der Waals surface area contributed by atoms with E-state index in [1.54, 1.807) is 49.4 Å². The van der Waals surface area contributed by atoms with Crippen molar-refractivity contribution in [3.63, 3.8) is 0 Å². The molecule has 1 N–H and O–H groups in total. The van der Waals surface area contributed by atoms with Gasteiger partial charge in [0.05, 0.1) is 11.9 Å². The third-order valence-electron chi connectivity index (χ3n) is 4.44. The van der Waals surface area contributed by atoms with E-state index in [0.29, 0.717) is 17.1 Å². The van der Waals surface area contributed by atoms with E-state index in [4.69, 9.17) is 4.74 Å².